The first-order chi connectivity index (χ1) is 8.61. The Balaban J connectivity index is 2.31. The minimum Gasteiger partial charge on any atom is -0.494 e. The smallest absolute Gasteiger partial charge is 0.119 e. The van der Waals surface area contributed by atoms with Gasteiger partial charge in [0.1, 0.15) is 5.75 Å². The number of benzene rings is 1. The van der Waals surface area contributed by atoms with Gasteiger partial charge in [-0.3, -0.25) is 0 Å². The molecule has 1 aromatic rings. The van der Waals surface area contributed by atoms with Crippen LogP contribution in [0.1, 0.15) is 33.6 Å². The third kappa shape index (κ3) is 6.41. The molecule has 0 spiro atoms. The third-order valence-corrected chi connectivity index (χ3v) is 3.33. The number of halogens is 1. The van der Waals surface area contributed by atoms with Gasteiger partial charge in [-0.05, 0) is 49.6 Å². The highest BCUT2D eigenvalue weighted by atomic mass is 79.9. The van der Waals surface area contributed by atoms with Gasteiger partial charge in [0.2, 0.25) is 0 Å². The van der Waals surface area contributed by atoms with Crippen molar-refractivity contribution in [2.24, 2.45) is 5.92 Å². The standard InChI is InChI=1S/C15H24BrNO/c1-4-17-14(11-12(2)3)9-10-18-15-7-5-13(16)6-8-15/h5-8,12,14,17H,4,9-11H2,1-3H3. The molecule has 102 valence electrons. The van der Waals surface area contributed by atoms with Gasteiger partial charge in [-0.25, -0.2) is 0 Å². The van der Waals surface area contributed by atoms with Gasteiger partial charge in [-0.1, -0.05) is 36.7 Å². The molecule has 18 heavy (non-hydrogen) atoms. The number of rotatable bonds is 8. The van der Waals surface area contributed by atoms with E-state index >= 15 is 0 Å². The lowest BCUT2D eigenvalue weighted by Gasteiger charge is -2.20. The average molecular weight is 314 g/mol. The fourth-order valence-corrected chi connectivity index (χ4v) is 2.28. The van der Waals surface area contributed by atoms with Crippen molar-refractivity contribution in [3.8, 4) is 5.75 Å². The summed E-state index contributed by atoms with van der Waals surface area (Å²) in [6, 6.07) is 8.56. The van der Waals surface area contributed by atoms with Crippen molar-refractivity contribution < 1.29 is 4.74 Å². The van der Waals surface area contributed by atoms with E-state index in [1.165, 1.54) is 6.42 Å². The van der Waals surface area contributed by atoms with Gasteiger partial charge >= 0.3 is 0 Å². The maximum atomic E-state index is 5.76. The molecule has 0 saturated heterocycles. The Morgan fingerprint density at radius 3 is 2.44 bits per heavy atom. The Labute approximate surface area is 119 Å². The summed E-state index contributed by atoms with van der Waals surface area (Å²) in [6.07, 6.45) is 2.26. The summed E-state index contributed by atoms with van der Waals surface area (Å²) in [5.74, 6) is 1.67. The zero-order valence-electron chi connectivity index (χ0n) is 11.6. The number of nitrogens with one attached hydrogen (secondary N) is 1. The lowest BCUT2D eigenvalue weighted by atomic mass is 10.0. The molecule has 2 nitrogen and oxygen atoms in total. The van der Waals surface area contributed by atoms with Gasteiger partial charge in [0.15, 0.2) is 0 Å². The van der Waals surface area contributed by atoms with Gasteiger partial charge in [-0.2, -0.15) is 0 Å². The Kier molecular flexibility index (Phi) is 7.36. The largest absolute Gasteiger partial charge is 0.494 e. The molecule has 0 aliphatic heterocycles. The monoisotopic (exact) mass is 313 g/mol. The molecule has 0 heterocycles. The second kappa shape index (κ2) is 8.54. The lowest BCUT2D eigenvalue weighted by molar-refractivity contribution is 0.273. The summed E-state index contributed by atoms with van der Waals surface area (Å²) < 4.78 is 6.84. The highest BCUT2D eigenvalue weighted by Crippen LogP contribution is 2.16. The third-order valence-electron chi connectivity index (χ3n) is 2.80. The van der Waals surface area contributed by atoms with Gasteiger partial charge in [0.25, 0.3) is 0 Å². The summed E-state index contributed by atoms with van der Waals surface area (Å²) in [6.45, 7) is 8.48. The summed E-state index contributed by atoms with van der Waals surface area (Å²) in [5.41, 5.74) is 0. The minimum atomic E-state index is 0.561. The molecule has 1 atom stereocenters. The first-order valence-electron chi connectivity index (χ1n) is 6.73. The molecule has 1 unspecified atom stereocenters. The highest BCUT2D eigenvalue weighted by Gasteiger charge is 2.09. The van der Waals surface area contributed by atoms with E-state index in [0.29, 0.717) is 6.04 Å². The minimum absolute atomic E-state index is 0.561. The number of hydrogen-bond acceptors (Lipinski definition) is 2. The van der Waals surface area contributed by atoms with Crippen LogP contribution in [0.4, 0.5) is 0 Å². The maximum Gasteiger partial charge on any atom is 0.119 e. The highest BCUT2D eigenvalue weighted by molar-refractivity contribution is 9.10. The van der Waals surface area contributed by atoms with Crippen molar-refractivity contribution in [3.63, 3.8) is 0 Å². The van der Waals surface area contributed by atoms with Crippen LogP contribution >= 0.6 is 15.9 Å². The van der Waals surface area contributed by atoms with Crippen LogP contribution in [0.2, 0.25) is 0 Å². The van der Waals surface area contributed by atoms with E-state index < -0.39 is 0 Å². The van der Waals surface area contributed by atoms with E-state index in [-0.39, 0.29) is 0 Å². The molecule has 3 heteroatoms. The first-order valence-corrected chi connectivity index (χ1v) is 7.52. The Morgan fingerprint density at radius 1 is 1.22 bits per heavy atom. The molecule has 0 aromatic heterocycles. The van der Waals surface area contributed by atoms with E-state index in [1.54, 1.807) is 0 Å². The second-order valence-electron chi connectivity index (χ2n) is 4.98. The summed E-state index contributed by atoms with van der Waals surface area (Å²) in [5, 5.41) is 3.52. The number of ether oxygens (including phenoxy) is 1. The van der Waals surface area contributed by atoms with Crippen LogP contribution in [0.3, 0.4) is 0 Å². The Hall–Kier alpha value is -0.540. The van der Waals surface area contributed by atoms with E-state index in [0.717, 1.165) is 35.7 Å². The maximum absolute atomic E-state index is 5.76. The molecule has 0 aliphatic carbocycles. The molecule has 0 amide bonds. The lowest BCUT2D eigenvalue weighted by Crippen LogP contribution is -2.31. The topological polar surface area (TPSA) is 21.3 Å². The summed E-state index contributed by atoms with van der Waals surface area (Å²) in [7, 11) is 0. The average Bonchev–Trinajstić information content (AvgIpc) is 2.31. The van der Waals surface area contributed by atoms with Crippen molar-refractivity contribution in [1.82, 2.24) is 5.32 Å². The Morgan fingerprint density at radius 2 is 1.89 bits per heavy atom. The van der Waals surface area contributed by atoms with Crippen molar-refractivity contribution in [2.45, 2.75) is 39.7 Å². The zero-order valence-corrected chi connectivity index (χ0v) is 13.2. The van der Waals surface area contributed by atoms with E-state index in [9.17, 15) is 0 Å². The molecule has 0 fully saturated rings. The molecule has 0 aliphatic rings. The fourth-order valence-electron chi connectivity index (χ4n) is 2.01. The normalized spacial score (nSPS) is 12.7. The van der Waals surface area contributed by atoms with Crippen LogP contribution < -0.4 is 10.1 Å². The summed E-state index contributed by atoms with van der Waals surface area (Å²) in [4.78, 5) is 0. The van der Waals surface area contributed by atoms with Crippen molar-refractivity contribution in [2.75, 3.05) is 13.2 Å². The summed E-state index contributed by atoms with van der Waals surface area (Å²) >= 11 is 3.42. The molecule has 0 saturated carbocycles. The molecular weight excluding hydrogens is 290 g/mol. The van der Waals surface area contributed by atoms with Crippen molar-refractivity contribution >= 4 is 15.9 Å². The molecule has 1 aromatic carbocycles. The van der Waals surface area contributed by atoms with Crippen LogP contribution in [-0.4, -0.2) is 19.2 Å². The van der Waals surface area contributed by atoms with E-state index in [4.69, 9.17) is 4.74 Å². The predicted molar refractivity (Wildman–Crippen MR) is 81.2 cm³/mol. The SMILES string of the molecule is CCNC(CCOc1ccc(Br)cc1)CC(C)C. The van der Waals surface area contributed by atoms with E-state index in [1.807, 2.05) is 24.3 Å². The fraction of sp³-hybridized carbons (Fsp3) is 0.600. The van der Waals surface area contributed by atoms with Crippen LogP contribution in [0.5, 0.6) is 5.75 Å². The van der Waals surface area contributed by atoms with Crippen LogP contribution in [0.15, 0.2) is 28.7 Å². The van der Waals surface area contributed by atoms with Crippen molar-refractivity contribution in [1.29, 1.82) is 0 Å². The molecule has 0 radical (unpaired) electrons. The Bertz CT molecular complexity index is 324. The van der Waals surface area contributed by atoms with Gasteiger partial charge in [0.05, 0.1) is 6.61 Å². The number of hydrogen-bond donors (Lipinski definition) is 1. The van der Waals surface area contributed by atoms with Gasteiger partial charge in [-0.15, -0.1) is 0 Å². The molecule has 1 rings (SSSR count). The molecular formula is C15H24BrNO. The molecule has 0 bridgehead atoms. The quantitative estimate of drug-likeness (QED) is 0.775. The van der Waals surface area contributed by atoms with Crippen LogP contribution in [0.25, 0.3) is 0 Å². The van der Waals surface area contributed by atoms with Crippen molar-refractivity contribution in [3.05, 3.63) is 28.7 Å². The predicted octanol–water partition coefficient (Wildman–Crippen LogP) is 4.24. The van der Waals surface area contributed by atoms with E-state index in [2.05, 4.69) is 42.0 Å². The first kappa shape index (κ1) is 15.5. The van der Waals surface area contributed by atoms with Gasteiger partial charge < -0.3 is 10.1 Å². The van der Waals surface area contributed by atoms with Crippen LogP contribution in [-0.2, 0) is 0 Å². The zero-order chi connectivity index (χ0) is 13.4. The second-order valence-corrected chi connectivity index (χ2v) is 5.89. The van der Waals surface area contributed by atoms with Crippen LogP contribution in [0, 0.1) is 5.92 Å². The molecule has 1 N–H and O–H groups in total. The van der Waals surface area contributed by atoms with Gasteiger partial charge in [0, 0.05) is 10.5 Å².